The zero-order valence-electron chi connectivity index (χ0n) is 9.80. The fraction of sp³-hybridized carbons (Fsp3) is 0.538. The molecule has 0 bridgehead atoms. The lowest BCUT2D eigenvalue weighted by Crippen LogP contribution is -2.43. The van der Waals surface area contributed by atoms with Crippen LogP contribution in [0.5, 0.6) is 0 Å². The third kappa shape index (κ3) is 2.80. The molecule has 1 fully saturated rings. The molecular formula is C13H19FN2. The molecular weight excluding hydrogens is 203 g/mol. The molecule has 1 aromatic rings. The summed E-state index contributed by atoms with van der Waals surface area (Å²) >= 11 is 0. The normalized spacial score (nSPS) is 17.6. The lowest BCUT2D eigenvalue weighted by atomic mass is 10.0. The second kappa shape index (κ2) is 5.41. The summed E-state index contributed by atoms with van der Waals surface area (Å²) in [6, 6.07) is 5.89. The van der Waals surface area contributed by atoms with Gasteiger partial charge in [0.15, 0.2) is 0 Å². The molecule has 1 saturated heterocycles. The highest BCUT2D eigenvalue weighted by Crippen LogP contribution is 2.14. The first-order valence-corrected chi connectivity index (χ1v) is 5.87. The van der Waals surface area contributed by atoms with Crippen LogP contribution in [0.15, 0.2) is 18.2 Å². The van der Waals surface area contributed by atoms with Crippen LogP contribution in [0.25, 0.3) is 0 Å². The van der Waals surface area contributed by atoms with E-state index in [1.54, 1.807) is 0 Å². The fourth-order valence-corrected chi connectivity index (χ4v) is 2.09. The van der Waals surface area contributed by atoms with Crippen molar-refractivity contribution < 1.29 is 4.39 Å². The average molecular weight is 222 g/mol. The van der Waals surface area contributed by atoms with E-state index in [9.17, 15) is 4.39 Å². The monoisotopic (exact) mass is 222 g/mol. The van der Waals surface area contributed by atoms with Gasteiger partial charge in [0.2, 0.25) is 0 Å². The molecule has 1 aliphatic rings. The number of piperazine rings is 1. The van der Waals surface area contributed by atoms with Crippen LogP contribution in [0.1, 0.15) is 16.7 Å². The summed E-state index contributed by atoms with van der Waals surface area (Å²) in [6.07, 6.45) is 0. The summed E-state index contributed by atoms with van der Waals surface area (Å²) in [4.78, 5) is 2.42. The number of rotatable bonds is 3. The second-order valence-electron chi connectivity index (χ2n) is 4.42. The Kier molecular flexibility index (Phi) is 3.91. The Morgan fingerprint density at radius 3 is 2.75 bits per heavy atom. The molecule has 0 spiro atoms. The van der Waals surface area contributed by atoms with Gasteiger partial charge in [-0.1, -0.05) is 18.2 Å². The van der Waals surface area contributed by atoms with Gasteiger partial charge >= 0.3 is 0 Å². The van der Waals surface area contributed by atoms with Crippen molar-refractivity contribution in [2.24, 2.45) is 0 Å². The van der Waals surface area contributed by atoms with Crippen molar-refractivity contribution in [1.29, 1.82) is 0 Å². The van der Waals surface area contributed by atoms with Crippen LogP contribution in [0, 0.1) is 6.92 Å². The van der Waals surface area contributed by atoms with Gasteiger partial charge in [-0.25, -0.2) is 4.39 Å². The Morgan fingerprint density at radius 1 is 1.31 bits per heavy atom. The van der Waals surface area contributed by atoms with Crippen LogP contribution in [-0.2, 0) is 13.2 Å². The lowest BCUT2D eigenvalue weighted by molar-refractivity contribution is 0.232. The molecule has 0 radical (unpaired) electrons. The maximum atomic E-state index is 12.6. The van der Waals surface area contributed by atoms with Gasteiger partial charge in [-0.15, -0.1) is 0 Å². The summed E-state index contributed by atoms with van der Waals surface area (Å²) in [5.74, 6) is 0. The van der Waals surface area contributed by atoms with Crippen LogP contribution in [0.3, 0.4) is 0 Å². The minimum absolute atomic E-state index is 0.366. The minimum Gasteiger partial charge on any atom is -0.314 e. The van der Waals surface area contributed by atoms with Crippen molar-refractivity contribution in [3.8, 4) is 0 Å². The maximum absolute atomic E-state index is 12.6. The summed E-state index contributed by atoms with van der Waals surface area (Å²) in [7, 11) is 0. The number of nitrogens with one attached hydrogen (secondary N) is 1. The zero-order chi connectivity index (χ0) is 11.4. The van der Waals surface area contributed by atoms with Crippen molar-refractivity contribution in [3.63, 3.8) is 0 Å². The van der Waals surface area contributed by atoms with E-state index in [2.05, 4.69) is 17.1 Å². The van der Waals surface area contributed by atoms with E-state index >= 15 is 0 Å². The molecule has 0 aromatic heterocycles. The number of hydrogen-bond donors (Lipinski definition) is 1. The van der Waals surface area contributed by atoms with E-state index in [-0.39, 0.29) is 6.67 Å². The van der Waals surface area contributed by atoms with E-state index in [0.29, 0.717) is 0 Å². The van der Waals surface area contributed by atoms with E-state index < -0.39 is 0 Å². The zero-order valence-corrected chi connectivity index (χ0v) is 9.80. The van der Waals surface area contributed by atoms with E-state index in [1.807, 2.05) is 18.2 Å². The van der Waals surface area contributed by atoms with Crippen molar-refractivity contribution >= 4 is 0 Å². The first-order valence-electron chi connectivity index (χ1n) is 5.87. The molecule has 3 heteroatoms. The predicted molar refractivity (Wildman–Crippen MR) is 64.1 cm³/mol. The van der Waals surface area contributed by atoms with Crippen LogP contribution >= 0.6 is 0 Å². The first kappa shape index (κ1) is 11.6. The van der Waals surface area contributed by atoms with Crippen molar-refractivity contribution in [1.82, 2.24) is 10.2 Å². The van der Waals surface area contributed by atoms with E-state index in [0.717, 1.165) is 38.3 Å². The standard InChI is InChI=1S/C13H19FN2/c1-11-2-3-12(9-14)8-13(11)10-16-6-4-15-5-7-16/h2-3,8,15H,4-7,9-10H2,1H3. The summed E-state index contributed by atoms with van der Waals surface area (Å²) in [5.41, 5.74) is 3.31. The lowest BCUT2D eigenvalue weighted by Gasteiger charge is -2.27. The number of alkyl halides is 1. The molecule has 1 aliphatic heterocycles. The molecule has 0 aliphatic carbocycles. The van der Waals surface area contributed by atoms with Crippen molar-refractivity contribution in [2.75, 3.05) is 26.2 Å². The molecule has 0 saturated carbocycles. The quantitative estimate of drug-likeness (QED) is 0.840. The van der Waals surface area contributed by atoms with Crippen LogP contribution in [-0.4, -0.2) is 31.1 Å². The Labute approximate surface area is 96.5 Å². The van der Waals surface area contributed by atoms with Crippen LogP contribution < -0.4 is 5.32 Å². The van der Waals surface area contributed by atoms with Gasteiger partial charge in [-0.05, 0) is 23.6 Å². The van der Waals surface area contributed by atoms with Gasteiger partial charge < -0.3 is 5.32 Å². The minimum atomic E-state index is -0.366. The molecule has 16 heavy (non-hydrogen) atoms. The van der Waals surface area contributed by atoms with E-state index in [4.69, 9.17) is 0 Å². The third-order valence-electron chi connectivity index (χ3n) is 3.17. The second-order valence-corrected chi connectivity index (χ2v) is 4.42. The summed E-state index contributed by atoms with van der Waals surface area (Å²) < 4.78 is 12.6. The average Bonchev–Trinajstić information content (AvgIpc) is 2.33. The Balaban J connectivity index is 2.06. The number of benzene rings is 1. The van der Waals surface area contributed by atoms with Gasteiger partial charge in [-0.2, -0.15) is 0 Å². The maximum Gasteiger partial charge on any atom is 0.115 e. The number of aryl methyl sites for hydroxylation is 1. The van der Waals surface area contributed by atoms with Crippen LogP contribution in [0.2, 0.25) is 0 Å². The molecule has 1 N–H and O–H groups in total. The van der Waals surface area contributed by atoms with Gasteiger partial charge in [0.05, 0.1) is 0 Å². The number of hydrogen-bond acceptors (Lipinski definition) is 2. The number of nitrogens with zero attached hydrogens (tertiary/aromatic N) is 1. The molecule has 2 rings (SSSR count). The Morgan fingerprint density at radius 2 is 2.06 bits per heavy atom. The van der Waals surface area contributed by atoms with Gasteiger partial charge in [0.1, 0.15) is 6.67 Å². The third-order valence-corrected chi connectivity index (χ3v) is 3.17. The van der Waals surface area contributed by atoms with Gasteiger partial charge in [-0.3, -0.25) is 4.90 Å². The molecule has 88 valence electrons. The van der Waals surface area contributed by atoms with Crippen molar-refractivity contribution in [3.05, 3.63) is 34.9 Å². The molecule has 1 heterocycles. The van der Waals surface area contributed by atoms with Gasteiger partial charge in [0, 0.05) is 32.7 Å². The summed E-state index contributed by atoms with van der Waals surface area (Å²) in [6.45, 7) is 6.96. The Hall–Kier alpha value is -0.930. The number of halogens is 1. The first-order chi connectivity index (χ1) is 7.79. The fourth-order valence-electron chi connectivity index (χ4n) is 2.09. The summed E-state index contributed by atoms with van der Waals surface area (Å²) in [5, 5.41) is 3.34. The largest absolute Gasteiger partial charge is 0.314 e. The SMILES string of the molecule is Cc1ccc(CF)cc1CN1CCNCC1. The molecule has 2 nitrogen and oxygen atoms in total. The van der Waals surface area contributed by atoms with Crippen molar-refractivity contribution in [2.45, 2.75) is 20.1 Å². The predicted octanol–water partition coefficient (Wildman–Crippen LogP) is 1.87. The molecule has 1 aromatic carbocycles. The van der Waals surface area contributed by atoms with E-state index in [1.165, 1.54) is 11.1 Å². The Bertz CT molecular complexity index is 346. The smallest absolute Gasteiger partial charge is 0.115 e. The molecule has 0 amide bonds. The molecule has 0 unspecified atom stereocenters. The molecule has 0 atom stereocenters. The highest BCUT2D eigenvalue weighted by Gasteiger charge is 2.11. The topological polar surface area (TPSA) is 15.3 Å². The van der Waals surface area contributed by atoms with Gasteiger partial charge in [0.25, 0.3) is 0 Å². The highest BCUT2D eigenvalue weighted by atomic mass is 19.1. The van der Waals surface area contributed by atoms with Crippen LogP contribution in [0.4, 0.5) is 4.39 Å². The highest BCUT2D eigenvalue weighted by molar-refractivity contribution is 5.30.